The number of carboxylic acid groups (broad SMARTS) is 2. The van der Waals surface area contributed by atoms with E-state index in [1.54, 1.807) is 0 Å². The Hall–Kier alpha value is -2.69. The van der Waals surface area contributed by atoms with Gasteiger partial charge in [-0.2, -0.15) is 0 Å². The molecule has 4 unspecified atom stereocenters. The van der Waals surface area contributed by atoms with Crippen LogP contribution in [0.15, 0.2) is 0 Å². The van der Waals surface area contributed by atoms with Gasteiger partial charge >= 0.3 is 11.9 Å². The lowest BCUT2D eigenvalue weighted by molar-refractivity contribution is -0.141. The number of amides is 3. The van der Waals surface area contributed by atoms with Crippen molar-refractivity contribution in [3.05, 3.63) is 0 Å². The first-order chi connectivity index (χ1) is 12.8. The fourth-order valence-electron chi connectivity index (χ4n) is 2.21. The number of hydrogen-bond acceptors (Lipinski definition) is 6. The van der Waals surface area contributed by atoms with Crippen LogP contribution in [0.3, 0.4) is 0 Å². The first kappa shape index (κ1) is 25.3. The predicted molar refractivity (Wildman–Crippen MR) is 99.1 cm³/mol. The monoisotopic (exact) mass is 402 g/mol. The quantitative estimate of drug-likeness (QED) is 0.235. The van der Waals surface area contributed by atoms with Crippen molar-refractivity contribution in [3.63, 3.8) is 0 Å². The van der Waals surface area contributed by atoms with Crippen LogP contribution in [-0.4, -0.2) is 64.0 Å². The minimum atomic E-state index is -1.24. The molecule has 0 spiro atoms. The van der Waals surface area contributed by atoms with E-state index in [2.05, 4.69) is 16.0 Å². The molecule has 11 heteroatoms. The molecular formula is C17H30N4O7. The molecule has 0 aromatic heterocycles. The van der Waals surface area contributed by atoms with E-state index in [0.717, 1.165) is 0 Å². The van der Waals surface area contributed by atoms with Crippen LogP contribution in [0.25, 0.3) is 0 Å². The molecule has 3 amide bonds. The lowest BCUT2D eigenvalue weighted by atomic mass is 10.0. The number of nitrogens with two attached hydrogens (primary N) is 1. The predicted octanol–water partition coefficient (Wildman–Crippen LogP) is -1.20. The fraction of sp³-hybridized carbons (Fsp3) is 0.706. The molecule has 0 aliphatic rings. The summed E-state index contributed by atoms with van der Waals surface area (Å²) >= 11 is 0. The van der Waals surface area contributed by atoms with E-state index in [9.17, 15) is 24.0 Å². The van der Waals surface area contributed by atoms with Crippen LogP contribution in [0.4, 0.5) is 0 Å². The van der Waals surface area contributed by atoms with Crippen molar-refractivity contribution in [2.24, 2.45) is 11.7 Å². The normalized spacial score (nSPS) is 15.1. The largest absolute Gasteiger partial charge is 0.481 e. The van der Waals surface area contributed by atoms with Crippen molar-refractivity contribution in [2.45, 2.75) is 71.1 Å². The summed E-state index contributed by atoms with van der Waals surface area (Å²) in [5.74, 6) is -4.35. The van der Waals surface area contributed by atoms with Crippen molar-refractivity contribution in [1.29, 1.82) is 0 Å². The number of carbonyl (C=O) groups excluding carboxylic acids is 3. The summed E-state index contributed by atoms with van der Waals surface area (Å²) in [5, 5.41) is 24.6. The van der Waals surface area contributed by atoms with Gasteiger partial charge in [0, 0.05) is 6.42 Å². The molecule has 0 saturated carbocycles. The van der Waals surface area contributed by atoms with Gasteiger partial charge in [-0.05, 0) is 32.6 Å². The molecule has 4 atom stereocenters. The van der Waals surface area contributed by atoms with Crippen LogP contribution >= 0.6 is 0 Å². The van der Waals surface area contributed by atoms with Crippen molar-refractivity contribution >= 4 is 29.7 Å². The standard InChI is InChI=1S/C17H30N4O7/c1-8(2)7-11(18)15(25)21-12(5-6-13(22)23)16(26)19-9(3)14(24)20-10(4)17(27)28/h8-12H,5-7,18H2,1-4H3,(H,19,26)(H,20,24)(H,21,25)(H,22,23)(H,27,28). The highest BCUT2D eigenvalue weighted by molar-refractivity contribution is 5.94. The average Bonchev–Trinajstić information content (AvgIpc) is 2.56. The Labute approximate surface area is 163 Å². The second-order valence-corrected chi connectivity index (χ2v) is 7.03. The molecule has 0 saturated heterocycles. The van der Waals surface area contributed by atoms with E-state index in [4.69, 9.17) is 15.9 Å². The van der Waals surface area contributed by atoms with Crippen LogP contribution < -0.4 is 21.7 Å². The number of carbonyl (C=O) groups is 5. The molecule has 0 aliphatic heterocycles. The van der Waals surface area contributed by atoms with Gasteiger partial charge in [-0.1, -0.05) is 13.8 Å². The number of carboxylic acids is 2. The summed E-state index contributed by atoms with van der Waals surface area (Å²) in [6.45, 7) is 6.35. The fourth-order valence-corrected chi connectivity index (χ4v) is 2.21. The second-order valence-electron chi connectivity index (χ2n) is 7.03. The zero-order chi connectivity index (χ0) is 22.0. The highest BCUT2D eigenvalue weighted by atomic mass is 16.4. The maximum atomic E-state index is 12.4. The third-order valence-corrected chi connectivity index (χ3v) is 3.82. The van der Waals surface area contributed by atoms with Crippen molar-refractivity contribution in [1.82, 2.24) is 16.0 Å². The molecule has 0 aromatic rings. The van der Waals surface area contributed by atoms with Gasteiger partial charge in [0.25, 0.3) is 0 Å². The minimum absolute atomic E-state index is 0.145. The molecule has 7 N–H and O–H groups in total. The first-order valence-corrected chi connectivity index (χ1v) is 8.96. The number of hydrogen-bond donors (Lipinski definition) is 6. The number of aliphatic carboxylic acids is 2. The molecular weight excluding hydrogens is 372 g/mol. The molecule has 0 bridgehead atoms. The molecule has 0 radical (unpaired) electrons. The Bertz CT molecular complexity index is 594. The summed E-state index contributed by atoms with van der Waals surface area (Å²) in [6, 6.07) is -4.31. The van der Waals surface area contributed by atoms with Crippen molar-refractivity contribution in [2.75, 3.05) is 0 Å². The molecule has 0 aliphatic carbocycles. The smallest absolute Gasteiger partial charge is 0.325 e. The zero-order valence-corrected chi connectivity index (χ0v) is 16.5. The van der Waals surface area contributed by atoms with E-state index < -0.39 is 53.8 Å². The summed E-state index contributed by atoms with van der Waals surface area (Å²) < 4.78 is 0. The van der Waals surface area contributed by atoms with Crippen LogP contribution in [0.1, 0.15) is 47.0 Å². The Kier molecular flexibility index (Phi) is 10.8. The van der Waals surface area contributed by atoms with E-state index >= 15 is 0 Å². The van der Waals surface area contributed by atoms with E-state index in [1.165, 1.54) is 13.8 Å². The van der Waals surface area contributed by atoms with Gasteiger partial charge in [-0.3, -0.25) is 24.0 Å². The SMILES string of the molecule is CC(C)CC(N)C(=O)NC(CCC(=O)O)C(=O)NC(C)C(=O)NC(C)C(=O)O. The summed E-state index contributed by atoms with van der Waals surface area (Å²) in [7, 11) is 0. The van der Waals surface area contributed by atoms with E-state index in [-0.39, 0.29) is 18.8 Å². The summed E-state index contributed by atoms with van der Waals surface area (Å²) in [4.78, 5) is 58.1. The molecule has 0 heterocycles. The first-order valence-electron chi connectivity index (χ1n) is 8.96. The Morgan fingerprint density at radius 1 is 0.821 bits per heavy atom. The molecule has 0 rings (SSSR count). The van der Waals surface area contributed by atoms with Gasteiger partial charge in [0.05, 0.1) is 6.04 Å². The molecule has 0 fully saturated rings. The highest BCUT2D eigenvalue weighted by Crippen LogP contribution is 2.05. The lowest BCUT2D eigenvalue weighted by Gasteiger charge is -2.23. The minimum Gasteiger partial charge on any atom is -0.481 e. The Morgan fingerprint density at radius 3 is 1.82 bits per heavy atom. The van der Waals surface area contributed by atoms with E-state index in [1.807, 2.05) is 13.8 Å². The molecule has 28 heavy (non-hydrogen) atoms. The number of nitrogens with one attached hydrogen (secondary N) is 3. The summed E-state index contributed by atoms with van der Waals surface area (Å²) in [6.07, 6.45) is -0.194. The summed E-state index contributed by atoms with van der Waals surface area (Å²) in [5.41, 5.74) is 5.78. The Morgan fingerprint density at radius 2 is 1.36 bits per heavy atom. The topological polar surface area (TPSA) is 188 Å². The third kappa shape index (κ3) is 9.86. The Balaban J connectivity index is 5.00. The maximum Gasteiger partial charge on any atom is 0.325 e. The van der Waals surface area contributed by atoms with Gasteiger partial charge in [-0.25, -0.2) is 0 Å². The highest BCUT2D eigenvalue weighted by Gasteiger charge is 2.27. The zero-order valence-electron chi connectivity index (χ0n) is 16.5. The maximum absolute atomic E-state index is 12.4. The van der Waals surface area contributed by atoms with Gasteiger partial charge in [0.1, 0.15) is 18.1 Å². The van der Waals surface area contributed by atoms with Crippen LogP contribution in [0.5, 0.6) is 0 Å². The van der Waals surface area contributed by atoms with Gasteiger partial charge < -0.3 is 31.9 Å². The molecule has 11 nitrogen and oxygen atoms in total. The second kappa shape index (κ2) is 11.9. The van der Waals surface area contributed by atoms with Crippen molar-refractivity contribution < 1.29 is 34.2 Å². The molecule has 0 aromatic carbocycles. The lowest BCUT2D eigenvalue weighted by Crippen LogP contribution is -2.56. The van der Waals surface area contributed by atoms with Crippen LogP contribution in [0.2, 0.25) is 0 Å². The average molecular weight is 402 g/mol. The van der Waals surface area contributed by atoms with E-state index in [0.29, 0.717) is 6.42 Å². The van der Waals surface area contributed by atoms with Crippen LogP contribution in [0, 0.1) is 5.92 Å². The third-order valence-electron chi connectivity index (χ3n) is 3.82. The van der Waals surface area contributed by atoms with Crippen molar-refractivity contribution in [3.8, 4) is 0 Å². The van der Waals surface area contributed by atoms with Gasteiger partial charge in [0.2, 0.25) is 17.7 Å². The van der Waals surface area contributed by atoms with Crippen LogP contribution in [-0.2, 0) is 24.0 Å². The number of rotatable bonds is 12. The van der Waals surface area contributed by atoms with Gasteiger partial charge in [0.15, 0.2) is 0 Å². The molecule has 160 valence electrons. The van der Waals surface area contributed by atoms with Gasteiger partial charge in [-0.15, -0.1) is 0 Å².